The van der Waals surface area contributed by atoms with Gasteiger partial charge in [-0.1, -0.05) is 42.0 Å². The van der Waals surface area contributed by atoms with E-state index >= 15 is 0 Å². The minimum atomic E-state index is -0.116. The average Bonchev–Trinajstić information content (AvgIpc) is 3.50. The summed E-state index contributed by atoms with van der Waals surface area (Å²) < 4.78 is 0. The van der Waals surface area contributed by atoms with E-state index in [1.807, 2.05) is 49.4 Å². The normalized spacial score (nSPS) is 12.8. The van der Waals surface area contributed by atoms with Crippen LogP contribution in [0.15, 0.2) is 48.5 Å². The lowest BCUT2D eigenvalue weighted by Crippen LogP contribution is -2.34. The summed E-state index contributed by atoms with van der Waals surface area (Å²) in [5, 5.41) is 9.00. The molecule has 28 heavy (non-hydrogen) atoms. The Kier molecular flexibility index (Phi) is 8.48. The van der Waals surface area contributed by atoms with E-state index in [4.69, 9.17) is 0 Å². The fraction of sp³-hybridized carbons (Fsp3) is 0.364. The molecule has 2 amide bonds. The summed E-state index contributed by atoms with van der Waals surface area (Å²) in [5.41, 5.74) is 3.77. The average molecular weight is 402 g/mol. The van der Waals surface area contributed by atoms with Crippen LogP contribution in [0.1, 0.15) is 39.9 Å². The molecule has 1 fully saturated rings. The van der Waals surface area contributed by atoms with Crippen LogP contribution in [-0.2, 0) is 17.9 Å². The number of halogens is 1. The van der Waals surface area contributed by atoms with Crippen LogP contribution in [0.2, 0.25) is 0 Å². The Bertz CT molecular complexity index is 789. The first-order valence-electron chi connectivity index (χ1n) is 9.50. The lowest BCUT2D eigenvalue weighted by atomic mass is 10.1. The molecule has 3 N–H and O–H groups in total. The minimum Gasteiger partial charge on any atom is -0.351 e. The van der Waals surface area contributed by atoms with E-state index in [2.05, 4.69) is 16.0 Å². The van der Waals surface area contributed by atoms with Gasteiger partial charge in [0.05, 0.1) is 6.54 Å². The molecule has 1 aliphatic carbocycles. The van der Waals surface area contributed by atoms with E-state index in [0.717, 1.165) is 23.6 Å². The molecule has 0 aliphatic heterocycles. The van der Waals surface area contributed by atoms with Gasteiger partial charge in [0.15, 0.2) is 0 Å². The van der Waals surface area contributed by atoms with E-state index in [1.54, 1.807) is 6.07 Å². The summed E-state index contributed by atoms with van der Waals surface area (Å²) in [7, 11) is 0. The summed E-state index contributed by atoms with van der Waals surface area (Å²) in [6, 6.07) is 15.4. The van der Waals surface area contributed by atoms with E-state index < -0.39 is 0 Å². The molecule has 2 aromatic rings. The highest BCUT2D eigenvalue weighted by Crippen LogP contribution is 2.27. The van der Waals surface area contributed by atoms with E-state index in [0.29, 0.717) is 25.2 Å². The Morgan fingerprint density at radius 3 is 2.39 bits per heavy atom. The predicted octanol–water partition coefficient (Wildman–Crippen LogP) is 2.96. The molecule has 150 valence electrons. The number of benzene rings is 2. The van der Waals surface area contributed by atoms with Crippen molar-refractivity contribution in [3.05, 3.63) is 70.8 Å². The van der Waals surface area contributed by atoms with Gasteiger partial charge >= 0.3 is 0 Å². The van der Waals surface area contributed by atoms with E-state index in [9.17, 15) is 9.59 Å². The molecule has 1 aliphatic rings. The van der Waals surface area contributed by atoms with Crippen molar-refractivity contribution in [1.82, 2.24) is 16.0 Å². The fourth-order valence-electron chi connectivity index (χ4n) is 2.79. The van der Waals surface area contributed by atoms with Crippen LogP contribution in [0, 0.1) is 12.8 Å². The van der Waals surface area contributed by atoms with Crippen molar-refractivity contribution in [2.24, 2.45) is 5.92 Å². The van der Waals surface area contributed by atoms with Crippen LogP contribution in [0.4, 0.5) is 0 Å². The molecule has 1 saturated carbocycles. The number of amides is 2. The molecule has 2 aromatic carbocycles. The fourth-order valence-corrected chi connectivity index (χ4v) is 2.79. The van der Waals surface area contributed by atoms with E-state index in [1.165, 1.54) is 18.4 Å². The molecule has 6 heteroatoms. The SMILES string of the molecule is Cc1ccc(CNC(=O)c2cccc(CNC(=O)CNCC3CC3)c2)cc1.Cl. The van der Waals surface area contributed by atoms with Crippen LogP contribution < -0.4 is 16.0 Å². The minimum absolute atomic E-state index is 0. The summed E-state index contributed by atoms with van der Waals surface area (Å²) >= 11 is 0. The van der Waals surface area contributed by atoms with Crippen LogP contribution in [0.5, 0.6) is 0 Å². The summed E-state index contributed by atoms with van der Waals surface area (Å²) in [6.45, 7) is 4.21. The van der Waals surface area contributed by atoms with Crippen molar-refractivity contribution in [1.29, 1.82) is 0 Å². The summed E-state index contributed by atoms with van der Waals surface area (Å²) in [5.74, 6) is 0.618. The van der Waals surface area contributed by atoms with Gasteiger partial charge in [0.1, 0.15) is 0 Å². The van der Waals surface area contributed by atoms with Crippen LogP contribution in [-0.4, -0.2) is 24.9 Å². The second-order valence-corrected chi connectivity index (χ2v) is 7.22. The van der Waals surface area contributed by atoms with Gasteiger partial charge in [-0.3, -0.25) is 9.59 Å². The molecule has 0 aromatic heterocycles. The Labute approximate surface area is 172 Å². The van der Waals surface area contributed by atoms with Gasteiger partial charge < -0.3 is 16.0 Å². The molecule has 0 spiro atoms. The highest BCUT2D eigenvalue weighted by molar-refractivity contribution is 5.94. The number of carbonyl (C=O) groups excluding carboxylic acids is 2. The first kappa shape index (κ1) is 21.9. The lowest BCUT2D eigenvalue weighted by Gasteiger charge is -2.09. The Hall–Kier alpha value is -2.37. The second kappa shape index (κ2) is 10.8. The van der Waals surface area contributed by atoms with Crippen molar-refractivity contribution < 1.29 is 9.59 Å². The van der Waals surface area contributed by atoms with Gasteiger partial charge in [-0.2, -0.15) is 0 Å². The predicted molar refractivity (Wildman–Crippen MR) is 113 cm³/mol. The van der Waals surface area contributed by atoms with Gasteiger partial charge in [-0.25, -0.2) is 0 Å². The first-order valence-corrected chi connectivity index (χ1v) is 9.50. The maximum absolute atomic E-state index is 12.4. The smallest absolute Gasteiger partial charge is 0.251 e. The molecule has 5 nitrogen and oxygen atoms in total. The van der Waals surface area contributed by atoms with Gasteiger partial charge in [0.25, 0.3) is 5.91 Å². The highest BCUT2D eigenvalue weighted by atomic mass is 35.5. The molecule has 0 atom stereocenters. The summed E-state index contributed by atoms with van der Waals surface area (Å²) in [6.07, 6.45) is 2.54. The van der Waals surface area contributed by atoms with Gasteiger partial charge in [0, 0.05) is 18.7 Å². The molecule has 3 rings (SSSR count). The van der Waals surface area contributed by atoms with Crippen molar-refractivity contribution >= 4 is 24.2 Å². The topological polar surface area (TPSA) is 70.2 Å². The standard InChI is InChI=1S/C22H27N3O2.ClH/c1-16-5-7-18(8-6-16)13-25-22(27)20-4-2-3-19(11-20)14-24-21(26)15-23-12-17-9-10-17;/h2-8,11,17,23H,9-10,12-15H2,1H3,(H,24,26)(H,25,27);1H. The zero-order valence-electron chi connectivity index (χ0n) is 16.2. The highest BCUT2D eigenvalue weighted by Gasteiger charge is 2.20. The number of nitrogens with one attached hydrogen (secondary N) is 3. The number of aryl methyl sites for hydroxylation is 1. The van der Waals surface area contributed by atoms with Crippen molar-refractivity contribution in [2.75, 3.05) is 13.1 Å². The quantitative estimate of drug-likeness (QED) is 0.605. The third kappa shape index (κ3) is 7.33. The third-order valence-corrected chi connectivity index (χ3v) is 4.67. The molecular weight excluding hydrogens is 374 g/mol. The monoisotopic (exact) mass is 401 g/mol. The van der Waals surface area contributed by atoms with Crippen LogP contribution in [0.25, 0.3) is 0 Å². The van der Waals surface area contributed by atoms with Gasteiger partial charge in [-0.05, 0) is 55.5 Å². The molecule has 0 heterocycles. The number of hydrogen-bond acceptors (Lipinski definition) is 3. The Morgan fingerprint density at radius 2 is 1.68 bits per heavy atom. The Balaban J connectivity index is 0.00000280. The molecule has 0 unspecified atom stereocenters. The third-order valence-electron chi connectivity index (χ3n) is 4.67. The molecular formula is C22H28ClN3O2. The second-order valence-electron chi connectivity index (χ2n) is 7.22. The van der Waals surface area contributed by atoms with Crippen molar-refractivity contribution in [2.45, 2.75) is 32.9 Å². The van der Waals surface area contributed by atoms with Gasteiger partial charge in [-0.15, -0.1) is 12.4 Å². The number of carbonyl (C=O) groups is 2. The van der Waals surface area contributed by atoms with Crippen LogP contribution >= 0.6 is 12.4 Å². The van der Waals surface area contributed by atoms with E-state index in [-0.39, 0.29) is 24.2 Å². The molecule has 0 bridgehead atoms. The maximum atomic E-state index is 12.4. The van der Waals surface area contributed by atoms with Crippen LogP contribution in [0.3, 0.4) is 0 Å². The lowest BCUT2D eigenvalue weighted by molar-refractivity contribution is -0.120. The molecule has 0 saturated heterocycles. The Morgan fingerprint density at radius 1 is 0.964 bits per heavy atom. The van der Waals surface area contributed by atoms with Gasteiger partial charge in [0.2, 0.25) is 5.91 Å². The number of rotatable bonds is 9. The zero-order chi connectivity index (χ0) is 19.1. The number of hydrogen-bond donors (Lipinski definition) is 3. The molecule has 0 radical (unpaired) electrons. The zero-order valence-corrected chi connectivity index (χ0v) is 17.0. The van der Waals surface area contributed by atoms with Crippen molar-refractivity contribution in [3.8, 4) is 0 Å². The summed E-state index contributed by atoms with van der Waals surface area (Å²) in [4.78, 5) is 24.2. The largest absolute Gasteiger partial charge is 0.351 e. The maximum Gasteiger partial charge on any atom is 0.251 e. The van der Waals surface area contributed by atoms with Crippen molar-refractivity contribution in [3.63, 3.8) is 0 Å². The first-order chi connectivity index (χ1) is 13.1.